The van der Waals surface area contributed by atoms with E-state index in [9.17, 15) is 28.8 Å². The molecule has 3 fully saturated rings. The summed E-state index contributed by atoms with van der Waals surface area (Å²) in [5.74, 6) is -0.345. The zero-order valence-corrected chi connectivity index (χ0v) is 43.7. The monoisotopic (exact) mass is 1070 g/mol. The van der Waals surface area contributed by atoms with E-state index in [0.29, 0.717) is 126 Å². The largest absolute Gasteiger partial charge is 0.457 e. The van der Waals surface area contributed by atoms with Crippen LogP contribution < -0.4 is 21.1 Å². The highest BCUT2D eigenvalue weighted by molar-refractivity contribution is 6.25. The fourth-order valence-electron chi connectivity index (χ4n) is 10.0. The Kier molecular flexibility index (Phi) is 19.3. The van der Waals surface area contributed by atoms with Crippen molar-refractivity contribution >= 4 is 58.0 Å². The predicted octanol–water partition coefficient (Wildman–Crippen LogP) is 3.55. The minimum absolute atomic E-state index is 0.0124. The Bertz CT molecular complexity index is 2880. The van der Waals surface area contributed by atoms with Gasteiger partial charge in [0.2, 0.25) is 23.6 Å². The van der Waals surface area contributed by atoms with E-state index in [-0.39, 0.29) is 55.0 Å². The van der Waals surface area contributed by atoms with Crippen LogP contribution in [0.5, 0.6) is 11.5 Å². The van der Waals surface area contributed by atoms with Gasteiger partial charge in [-0.05, 0) is 80.8 Å². The highest BCUT2D eigenvalue weighted by Crippen LogP contribution is 2.36. The number of imide groups is 2. The smallest absolute Gasteiger partial charge is 0.264 e. The Hall–Kier alpha value is -7.41. The zero-order valence-electron chi connectivity index (χ0n) is 43.7. The van der Waals surface area contributed by atoms with Crippen LogP contribution in [0.3, 0.4) is 0 Å². The fraction of sp³-hybridized carbons (Fsp3) is 0.473. The summed E-state index contributed by atoms with van der Waals surface area (Å²) in [6.45, 7) is 8.18. The number of nitrogens with two attached hydrogens (primary N) is 1. The van der Waals surface area contributed by atoms with Gasteiger partial charge in [-0.2, -0.15) is 5.10 Å². The third kappa shape index (κ3) is 14.0. The third-order valence-corrected chi connectivity index (χ3v) is 14.1. The Morgan fingerprint density at radius 3 is 2.12 bits per heavy atom. The summed E-state index contributed by atoms with van der Waals surface area (Å²) < 4.78 is 35.9. The highest BCUT2D eigenvalue weighted by atomic mass is 16.6. The van der Waals surface area contributed by atoms with E-state index in [1.54, 1.807) is 18.2 Å². The number of fused-ring (bicyclic) bond motifs is 2. The molecule has 5 aromatic rings. The topological polar surface area (TPSA) is 264 Å². The van der Waals surface area contributed by atoms with Crippen LogP contribution in [0.2, 0.25) is 0 Å². The number of para-hydroxylation sites is 1. The summed E-state index contributed by atoms with van der Waals surface area (Å²) in [6, 6.07) is 21.1. The Labute approximate surface area is 451 Å². The van der Waals surface area contributed by atoms with Crippen molar-refractivity contribution in [3.05, 3.63) is 90.3 Å². The quantitative estimate of drug-likeness (QED) is 0.0501. The van der Waals surface area contributed by atoms with Crippen molar-refractivity contribution in [3.8, 4) is 22.8 Å². The third-order valence-electron chi connectivity index (χ3n) is 14.1. The van der Waals surface area contributed by atoms with Gasteiger partial charge >= 0.3 is 0 Å². The van der Waals surface area contributed by atoms with Crippen LogP contribution in [-0.2, 0) is 42.9 Å². The first-order valence-corrected chi connectivity index (χ1v) is 26.7. The lowest BCUT2D eigenvalue weighted by Crippen LogP contribution is -2.54. The van der Waals surface area contributed by atoms with Crippen molar-refractivity contribution in [3.63, 3.8) is 0 Å². The van der Waals surface area contributed by atoms with Gasteiger partial charge in [-0.1, -0.05) is 24.3 Å². The molecule has 9 rings (SSSR count). The Balaban J connectivity index is 0.573. The number of ether oxygens (including phenoxy) is 6. The van der Waals surface area contributed by atoms with Crippen LogP contribution in [0.15, 0.2) is 79.1 Å². The lowest BCUT2D eigenvalue weighted by molar-refractivity contribution is -0.138. The van der Waals surface area contributed by atoms with Crippen molar-refractivity contribution in [2.75, 3.05) is 129 Å². The molecular weight excluding hydrogens is 1010 g/mol. The van der Waals surface area contributed by atoms with Crippen molar-refractivity contribution in [2.45, 2.75) is 50.6 Å². The first-order valence-electron chi connectivity index (χ1n) is 26.7. The van der Waals surface area contributed by atoms with E-state index >= 15 is 0 Å². The molecule has 4 N–H and O–H groups in total. The van der Waals surface area contributed by atoms with E-state index in [0.717, 1.165) is 55.1 Å². The van der Waals surface area contributed by atoms with Gasteiger partial charge in [0.05, 0.1) is 82.0 Å². The number of amides is 6. The maximum atomic E-state index is 13.6. The molecule has 0 spiro atoms. The van der Waals surface area contributed by atoms with Gasteiger partial charge in [-0.15, -0.1) is 0 Å². The average Bonchev–Trinajstić information content (AvgIpc) is 4.21. The van der Waals surface area contributed by atoms with Crippen LogP contribution in [-0.4, -0.2) is 199 Å². The first-order chi connectivity index (χ1) is 38.1. The van der Waals surface area contributed by atoms with E-state index < -0.39 is 29.7 Å². The second-order valence-electron chi connectivity index (χ2n) is 19.3. The minimum Gasteiger partial charge on any atom is -0.457 e. The van der Waals surface area contributed by atoms with Gasteiger partial charge in [-0.25, -0.2) is 14.6 Å². The van der Waals surface area contributed by atoms with Crippen LogP contribution in [0.4, 0.5) is 11.5 Å². The number of piperidine rings is 2. The number of nitrogens with zero attached hydrogens (tertiary/aromatic N) is 8. The number of nitrogens with one attached hydrogen (secondary N) is 2. The van der Waals surface area contributed by atoms with E-state index in [1.165, 1.54) is 6.33 Å². The molecule has 4 aliphatic heterocycles. The number of hydrogen-bond donors (Lipinski definition) is 3. The number of benzene rings is 3. The molecule has 23 heteroatoms. The molecule has 6 amide bonds. The second-order valence-corrected chi connectivity index (χ2v) is 19.3. The SMILES string of the molecule is Nc1ncnc2c1c(-c1ccc(Oc3ccccc3)cc1)nn2[C@@H]1CCCN(C(=O)CCCN2CCN(C(=O)COCCOCCOCCOCCOCCNc3cccc4c3C(=O)N(C3CCC(=O)NC3=O)C4=O)CC2)C1. The molecule has 0 radical (unpaired) electrons. The second kappa shape index (κ2) is 27.3. The zero-order chi connectivity index (χ0) is 54.2. The number of anilines is 2. The summed E-state index contributed by atoms with van der Waals surface area (Å²) in [7, 11) is 0. The molecule has 2 aromatic heterocycles. The summed E-state index contributed by atoms with van der Waals surface area (Å²) in [5, 5.41) is 11.1. The van der Waals surface area contributed by atoms with E-state index in [4.69, 9.17) is 39.3 Å². The molecular formula is C55H67N11O12. The number of aromatic nitrogens is 4. The normalized spacial score (nSPS) is 17.9. The molecule has 23 nitrogen and oxygen atoms in total. The van der Waals surface area contributed by atoms with Crippen LogP contribution >= 0.6 is 0 Å². The number of likely N-dealkylation sites (tertiary alicyclic amines) is 1. The molecule has 0 bridgehead atoms. The molecule has 414 valence electrons. The van der Waals surface area contributed by atoms with Crippen molar-refractivity contribution in [1.29, 1.82) is 0 Å². The standard InChI is InChI=1S/C55H67N11O12/c56-51-49-50(38-13-15-41(16-14-38)78-40-8-2-1-3-9-40)61-66(52(49)59-37-58-51)39-7-5-21-64(35-39)46(68)12-6-20-62-22-24-63(25-23-62)47(69)36-77-34-33-76-32-31-75-30-29-74-28-27-73-26-19-57-43-11-4-10-42-48(43)55(72)65(54(42)71)44-17-18-45(67)60-53(44)70/h1-4,8-11,13-16,37,39,44,57H,5-7,12,17-36H2,(H2,56,58,59)(H,60,67,70)/t39-,44?/m1/s1. The number of nitrogen functional groups attached to an aromatic ring is 1. The van der Waals surface area contributed by atoms with Gasteiger partial charge in [0, 0.05) is 69.9 Å². The minimum atomic E-state index is -1.03. The number of rotatable bonds is 27. The molecule has 3 aromatic carbocycles. The molecule has 2 atom stereocenters. The summed E-state index contributed by atoms with van der Waals surface area (Å²) in [6.07, 6.45) is 4.46. The van der Waals surface area contributed by atoms with E-state index in [2.05, 4.69) is 25.5 Å². The van der Waals surface area contributed by atoms with Crippen molar-refractivity contribution in [1.82, 2.24) is 44.7 Å². The van der Waals surface area contributed by atoms with Crippen molar-refractivity contribution < 1.29 is 57.2 Å². The molecule has 78 heavy (non-hydrogen) atoms. The lowest BCUT2D eigenvalue weighted by Gasteiger charge is -2.35. The molecule has 0 aliphatic carbocycles. The van der Waals surface area contributed by atoms with Crippen LogP contribution in [0.25, 0.3) is 22.3 Å². The summed E-state index contributed by atoms with van der Waals surface area (Å²) in [4.78, 5) is 92.5. The van der Waals surface area contributed by atoms with Crippen molar-refractivity contribution in [2.24, 2.45) is 0 Å². The number of carbonyl (C=O) groups excluding carboxylic acids is 6. The number of piperazine rings is 1. The molecule has 3 saturated heterocycles. The first kappa shape index (κ1) is 55.3. The average molecular weight is 1070 g/mol. The van der Waals surface area contributed by atoms with Gasteiger partial charge < -0.3 is 49.3 Å². The van der Waals surface area contributed by atoms with Gasteiger partial charge in [0.1, 0.15) is 42.0 Å². The van der Waals surface area contributed by atoms with Crippen LogP contribution in [0, 0.1) is 0 Å². The number of carbonyl (C=O) groups is 6. The predicted molar refractivity (Wildman–Crippen MR) is 284 cm³/mol. The fourth-order valence-corrected chi connectivity index (χ4v) is 10.0. The summed E-state index contributed by atoms with van der Waals surface area (Å²) in [5.41, 5.74) is 9.48. The van der Waals surface area contributed by atoms with Gasteiger partial charge in [0.25, 0.3) is 11.8 Å². The number of hydrogen-bond acceptors (Lipinski definition) is 18. The Morgan fingerprint density at radius 2 is 1.40 bits per heavy atom. The van der Waals surface area contributed by atoms with Crippen LogP contribution in [0.1, 0.15) is 65.3 Å². The Morgan fingerprint density at radius 1 is 0.705 bits per heavy atom. The van der Waals surface area contributed by atoms with E-state index in [1.807, 2.05) is 69.1 Å². The van der Waals surface area contributed by atoms with Gasteiger partial charge in [-0.3, -0.25) is 43.9 Å². The maximum absolute atomic E-state index is 13.6. The lowest BCUT2D eigenvalue weighted by atomic mass is 10.0. The molecule has 1 unspecified atom stereocenters. The summed E-state index contributed by atoms with van der Waals surface area (Å²) >= 11 is 0. The van der Waals surface area contributed by atoms with Gasteiger partial charge in [0.15, 0.2) is 5.65 Å². The highest BCUT2D eigenvalue weighted by Gasteiger charge is 2.45. The molecule has 4 aliphatic rings. The molecule has 0 saturated carbocycles. The molecule has 6 heterocycles. The maximum Gasteiger partial charge on any atom is 0.264 e.